The Labute approximate surface area is 137 Å². The normalized spacial score (nSPS) is 15.2. The molecule has 150 valence electrons. The van der Waals surface area contributed by atoms with Crippen molar-refractivity contribution >= 4 is 16.1 Å². The maximum atomic E-state index is 13.9. The smallest absolute Gasteiger partial charge is 0.438 e. The van der Waals surface area contributed by atoms with Crippen molar-refractivity contribution in [1.29, 1.82) is 0 Å². The Hall–Kier alpha value is -1.18. The molecule has 25 heavy (non-hydrogen) atoms. The standard InChI is InChI=1S/C11H14F8O5S/c1-4-6(20)24-5-7(2,3)8(12,13)9(14,15)10(16,17)11(18,19)25(21,22)23/h4-5H2,1-3H3,(H,21,22,23). The van der Waals surface area contributed by atoms with E-state index in [1.165, 1.54) is 6.92 Å². The van der Waals surface area contributed by atoms with Crippen molar-refractivity contribution in [3.8, 4) is 0 Å². The van der Waals surface area contributed by atoms with Gasteiger partial charge in [0.2, 0.25) is 0 Å². The average molecular weight is 410 g/mol. The summed E-state index contributed by atoms with van der Waals surface area (Å²) >= 11 is 0. The lowest BCUT2D eigenvalue weighted by Crippen LogP contribution is -2.68. The molecule has 14 heteroatoms. The summed E-state index contributed by atoms with van der Waals surface area (Å²) in [6.07, 6.45) is -0.380. The Morgan fingerprint density at radius 3 is 1.64 bits per heavy atom. The molecule has 0 atom stereocenters. The average Bonchev–Trinajstić information content (AvgIpc) is 2.42. The van der Waals surface area contributed by atoms with Gasteiger partial charge in [-0.3, -0.25) is 9.35 Å². The van der Waals surface area contributed by atoms with E-state index in [9.17, 15) is 48.3 Å². The molecule has 0 aromatic heterocycles. The molecule has 0 aliphatic rings. The molecule has 0 saturated carbocycles. The predicted octanol–water partition coefficient (Wildman–Crippen LogP) is 3.35. The molecule has 0 aliphatic carbocycles. The molecule has 0 spiro atoms. The minimum absolute atomic E-state index is 0.214. The summed E-state index contributed by atoms with van der Waals surface area (Å²) in [5.74, 6) is -21.3. The van der Waals surface area contributed by atoms with Crippen LogP contribution in [0.25, 0.3) is 0 Å². The van der Waals surface area contributed by atoms with Gasteiger partial charge in [-0.25, -0.2) is 0 Å². The third-order valence-corrected chi connectivity index (χ3v) is 4.12. The molecular formula is C11H14F8O5S. The maximum absolute atomic E-state index is 13.9. The van der Waals surface area contributed by atoms with Crippen molar-refractivity contribution in [2.75, 3.05) is 6.61 Å². The summed E-state index contributed by atoms with van der Waals surface area (Å²) < 4.78 is 140. The Kier molecular flexibility index (Phi) is 6.21. The summed E-state index contributed by atoms with van der Waals surface area (Å²) in [5.41, 5.74) is -3.31. The first-order chi connectivity index (χ1) is 10.7. The molecule has 0 radical (unpaired) electrons. The van der Waals surface area contributed by atoms with Crippen LogP contribution in [0.3, 0.4) is 0 Å². The van der Waals surface area contributed by atoms with E-state index in [0.717, 1.165) is 0 Å². The van der Waals surface area contributed by atoms with Gasteiger partial charge in [0.25, 0.3) is 0 Å². The number of hydrogen-bond acceptors (Lipinski definition) is 4. The first-order valence-corrected chi connectivity index (χ1v) is 7.78. The number of ether oxygens (including phenoxy) is 1. The van der Waals surface area contributed by atoms with E-state index in [1.807, 2.05) is 0 Å². The van der Waals surface area contributed by atoms with E-state index in [0.29, 0.717) is 0 Å². The molecule has 0 aliphatic heterocycles. The quantitative estimate of drug-likeness (QED) is 0.377. The number of halogens is 8. The van der Waals surface area contributed by atoms with Crippen LogP contribution in [-0.4, -0.2) is 48.6 Å². The Bertz CT molecular complexity index is 614. The van der Waals surface area contributed by atoms with Crippen molar-refractivity contribution in [3.05, 3.63) is 0 Å². The van der Waals surface area contributed by atoms with Crippen LogP contribution in [0, 0.1) is 5.41 Å². The molecule has 1 N–H and O–H groups in total. The van der Waals surface area contributed by atoms with Crippen molar-refractivity contribution in [1.82, 2.24) is 0 Å². The second-order valence-electron chi connectivity index (χ2n) is 5.61. The summed E-state index contributed by atoms with van der Waals surface area (Å²) in [5, 5.41) is -6.91. The highest BCUT2D eigenvalue weighted by atomic mass is 32.2. The van der Waals surface area contributed by atoms with Gasteiger partial charge in [0.1, 0.15) is 6.61 Å². The van der Waals surface area contributed by atoms with Crippen LogP contribution in [-0.2, 0) is 19.6 Å². The fourth-order valence-electron chi connectivity index (χ4n) is 1.42. The molecule has 0 aromatic carbocycles. The minimum Gasteiger partial charge on any atom is -0.465 e. The van der Waals surface area contributed by atoms with Gasteiger partial charge in [0, 0.05) is 6.42 Å². The lowest BCUT2D eigenvalue weighted by molar-refractivity contribution is -0.372. The van der Waals surface area contributed by atoms with Crippen LogP contribution in [0.5, 0.6) is 0 Å². The van der Waals surface area contributed by atoms with E-state index >= 15 is 0 Å². The molecule has 0 saturated heterocycles. The van der Waals surface area contributed by atoms with Gasteiger partial charge in [-0.05, 0) is 0 Å². The molecule has 0 heterocycles. The van der Waals surface area contributed by atoms with Crippen molar-refractivity contribution in [2.24, 2.45) is 5.41 Å². The summed E-state index contributed by atoms with van der Waals surface area (Å²) in [7, 11) is -7.16. The highest BCUT2D eigenvalue weighted by Gasteiger charge is 2.86. The lowest BCUT2D eigenvalue weighted by Gasteiger charge is -2.42. The van der Waals surface area contributed by atoms with E-state index < -0.39 is 51.1 Å². The number of carbonyl (C=O) groups is 1. The summed E-state index contributed by atoms with van der Waals surface area (Å²) in [6, 6.07) is 0. The van der Waals surface area contributed by atoms with Crippen molar-refractivity contribution in [3.63, 3.8) is 0 Å². The van der Waals surface area contributed by atoms with Gasteiger partial charge >= 0.3 is 39.1 Å². The van der Waals surface area contributed by atoms with Crippen molar-refractivity contribution in [2.45, 2.75) is 50.2 Å². The largest absolute Gasteiger partial charge is 0.465 e. The van der Waals surface area contributed by atoms with Gasteiger partial charge in [-0.15, -0.1) is 0 Å². The van der Waals surface area contributed by atoms with Crippen LogP contribution in [0.4, 0.5) is 35.1 Å². The van der Waals surface area contributed by atoms with Gasteiger partial charge < -0.3 is 4.74 Å². The summed E-state index contributed by atoms with van der Waals surface area (Å²) in [6.45, 7) is 0.0652. The monoisotopic (exact) mass is 410 g/mol. The second-order valence-corrected chi connectivity index (χ2v) is 7.08. The zero-order valence-electron chi connectivity index (χ0n) is 12.9. The van der Waals surface area contributed by atoms with Gasteiger partial charge in [-0.2, -0.15) is 43.5 Å². The molecule has 0 fully saturated rings. The lowest BCUT2D eigenvalue weighted by atomic mass is 9.80. The van der Waals surface area contributed by atoms with Gasteiger partial charge in [0.15, 0.2) is 0 Å². The third kappa shape index (κ3) is 3.68. The van der Waals surface area contributed by atoms with Crippen LogP contribution in [0.15, 0.2) is 0 Å². The molecule has 0 aromatic rings. The number of alkyl halides is 8. The maximum Gasteiger partial charge on any atom is 0.438 e. The van der Waals surface area contributed by atoms with Gasteiger partial charge in [0.05, 0.1) is 5.41 Å². The Morgan fingerprint density at radius 1 is 0.920 bits per heavy atom. The zero-order chi connectivity index (χ0) is 20.7. The van der Waals surface area contributed by atoms with Crippen LogP contribution < -0.4 is 0 Å². The van der Waals surface area contributed by atoms with Gasteiger partial charge in [-0.1, -0.05) is 20.8 Å². The Balaban J connectivity index is 6.07. The number of hydrogen-bond donors (Lipinski definition) is 1. The second kappa shape index (κ2) is 6.52. The van der Waals surface area contributed by atoms with Crippen LogP contribution in [0.1, 0.15) is 27.2 Å². The van der Waals surface area contributed by atoms with E-state index in [-0.39, 0.29) is 20.3 Å². The topological polar surface area (TPSA) is 80.7 Å². The fourth-order valence-corrected chi connectivity index (χ4v) is 1.87. The van der Waals surface area contributed by atoms with Crippen molar-refractivity contribution < 1.29 is 57.6 Å². The molecule has 0 rings (SSSR count). The molecule has 0 bridgehead atoms. The van der Waals surface area contributed by atoms with E-state index in [4.69, 9.17) is 4.55 Å². The fraction of sp³-hybridized carbons (Fsp3) is 0.909. The van der Waals surface area contributed by atoms with Crippen LogP contribution in [0.2, 0.25) is 0 Å². The molecule has 0 amide bonds. The summed E-state index contributed by atoms with van der Waals surface area (Å²) in [4.78, 5) is 10.9. The first kappa shape index (κ1) is 23.8. The SMILES string of the molecule is CCC(=O)OCC(C)(C)C(F)(F)C(F)(F)C(F)(F)C(F)(F)S(=O)(=O)O. The minimum atomic E-state index is -7.19. The number of rotatable bonds is 8. The molecule has 0 unspecified atom stereocenters. The first-order valence-electron chi connectivity index (χ1n) is 6.34. The molecule has 5 nitrogen and oxygen atoms in total. The highest BCUT2D eigenvalue weighted by Crippen LogP contribution is 2.58. The number of carbonyl (C=O) groups excluding carboxylic acids is 1. The zero-order valence-corrected chi connectivity index (χ0v) is 13.7. The predicted molar refractivity (Wildman–Crippen MR) is 66.4 cm³/mol. The highest BCUT2D eigenvalue weighted by molar-refractivity contribution is 7.87. The van der Waals surface area contributed by atoms with Crippen LogP contribution >= 0.6 is 0 Å². The third-order valence-electron chi connectivity index (χ3n) is 3.21. The Morgan fingerprint density at radius 2 is 1.32 bits per heavy atom. The van der Waals surface area contributed by atoms with E-state index in [1.54, 1.807) is 0 Å². The van der Waals surface area contributed by atoms with E-state index in [2.05, 4.69) is 4.74 Å². The number of esters is 1. The molecular weight excluding hydrogens is 396 g/mol.